The van der Waals surface area contributed by atoms with Crippen molar-refractivity contribution in [1.29, 1.82) is 0 Å². The van der Waals surface area contributed by atoms with Crippen LogP contribution in [0.3, 0.4) is 0 Å². The van der Waals surface area contributed by atoms with E-state index >= 15 is 0 Å². The van der Waals surface area contributed by atoms with Crippen molar-refractivity contribution >= 4 is 11.8 Å². The number of para-hydroxylation sites is 1. The van der Waals surface area contributed by atoms with E-state index in [1.807, 2.05) is 17.8 Å². The number of hydrogen-bond acceptors (Lipinski definition) is 2. The molecule has 0 saturated carbocycles. The van der Waals surface area contributed by atoms with Crippen molar-refractivity contribution in [2.45, 2.75) is 22.6 Å². The summed E-state index contributed by atoms with van der Waals surface area (Å²) in [5, 5.41) is 0. The van der Waals surface area contributed by atoms with Crippen LogP contribution in [0.2, 0.25) is 0 Å². The van der Waals surface area contributed by atoms with Gasteiger partial charge in [-0.15, -0.1) is 0 Å². The smallest absolute Gasteiger partial charge is 0.131 e. The van der Waals surface area contributed by atoms with Crippen molar-refractivity contribution in [2.75, 3.05) is 0 Å². The van der Waals surface area contributed by atoms with Gasteiger partial charge in [0.1, 0.15) is 11.5 Å². The molecule has 2 heterocycles. The minimum absolute atomic E-state index is 0.933. The summed E-state index contributed by atoms with van der Waals surface area (Å²) >= 11 is 1.88. The molecule has 0 aliphatic carbocycles. The summed E-state index contributed by atoms with van der Waals surface area (Å²) < 4.78 is 6.19. The first-order valence-corrected chi connectivity index (χ1v) is 10.4. The third-order valence-electron chi connectivity index (χ3n) is 5.61. The number of hydrogen-bond donors (Lipinski definition) is 0. The number of ether oxygens (including phenoxy) is 1. The van der Waals surface area contributed by atoms with Gasteiger partial charge in [0.2, 0.25) is 0 Å². The normalized spacial score (nSPS) is 13.6. The SMILES string of the molecule is c1ccc2c(c1)Cc1ccc(-c3ccc4c(c3)Sc3ccccc3C4)cc1O2. The maximum atomic E-state index is 6.19. The van der Waals surface area contributed by atoms with Gasteiger partial charge in [-0.3, -0.25) is 0 Å². The number of rotatable bonds is 1. The number of benzene rings is 4. The molecule has 134 valence electrons. The second kappa shape index (κ2) is 6.29. The molecular weight excluding hydrogens is 360 g/mol. The van der Waals surface area contributed by atoms with Crippen LogP contribution in [-0.2, 0) is 12.8 Å². The molecule has 0 saturated heterocycles. The lowest BCUT2D eigenvalue weighted by molar-refractivity contribution is 0.460. The predicted octanol–water partition coefficient (Wildman–Crippen LogP) is 7.11. The zero-order chi connectivity index (χ0) is 18.5. The third-order valence-corrected chi connectivity index (χ3v) is 6.83. The average molecular weight is 378 g/mol. The Labute approximate surface area is 169 Å². The summed E-state index contributed by atoms with van der Waals surface area (Å²) in [6.45, 7) is 0. The molecule has 0 aromatic heterocycles. The van der Waals surface area contributed by atoms with Crippen molar-refractivity contribution in [3.63, 3.8) is 0 Å². The predicted molar refractivity (Wildman–Crippen MR) is 115 cm³/mol. The Bertz CT molecular complexity index is 1130. The molecule has 28 heavy (non-hydrogen) atoms. The van der Waals surface area contributed by atoms with Crippen molar-refractivity contribution in [1.82, 2.24) is 0 Å². The van der Waals surface area contributed by atoms with Crippen molar-refractivity contribution in [3.8, 4) is 22.6 Å². The molecule has 4 aromatic rings. The van der Waals surface area contributed by atoms with Crippen molar-refractivity contribution < 1.29 is 4.74 Å². The van der Waals surface area contributed by atoms with Gasteiger partial charge in [-0.1, -0.05) is 72.4 Å². The highest BCUT2D eigenvalue weighted by molar-refractivity contribution is 7.99. The van der Waals surface area contributed by atoms with Crippen LogP contribution in [-0.4, -0.2) is 0 Å². The Hall–Kier alpha value is -2.97. The van der Waals surface area contributed by atoms with E-state index in [-0.39, 0.29) is 0 Å². The summed E-state index contributed by atoms with van der Waals surface area (Å²) in [4.78, 5) is 2.73. The lowest BCUT2D eigenvalue weighted by atomic mass is 9.95. The summed E-state index contributed by atoms with van der Waals surface area (Å²) in [5.41, 5.74) is 7.80. The van der Waals surface area contributed by atoms with Crippen LogP contribution >= 0.6 is 11.8 Å². The molecule has 2 aliphatic rings. The molecule has 0 radical (unpaired) electrons. The lowest BCUT2D eigenvalue weighted by Gasteiger charge is -2.22. The molecule has 0 bridgehead atoms. The molecule has 0 N–H and O–H groups in total. The molecule has 2 heteroatoms. The van der Waals surface area contributed by atoms with Gasteiger partial charge < -0.3 is 4.74 Å². The first-order chi connectivity index (χ1) is 13.8. The van der Waals surface area contributed by atoms with Crippen LogP contribution < -0.4 is 4.74 Å². The van der Waals surface area contributed by atoms with Crippen LogP contribution in [0.5, 0.6) is 11.5 Å². The lowest BCUT2D eigenvalue weighted by Crippen LogP contribution is -2.03. The fraction of sp³-hybridized carbons (Fsp3) is 0.0769. The molecule has 0 fully saturated rings. The van der Waals surface area contributed by atoms with E-state index in [1.54, 1.807) is 0 Å². The molecule has 0 amide bonds. The highest BCUT2D eigenvalue weighted by Crippen LogP contribution is 2.42. The fourth-order valence-corrected chi connectivity index (χ4v) is 5.21. The fourth-order valence-electron chi connectivity index (χ4n) is 4.10. The van der Waals surface area contributed by atoms with E-state index in [1.165, 1.54) is 43.2 Å². The molecule has 1 nitrogen and oxygen atoms in total. The molecule has 4 aromatic carbocycles. The van der Waals surface area contributed by atoms with Crippen molar-refractivity contribution in [3.05, 3.63) is 107 Å². The zero-order valence-corrected chi connectivity index (χ0v) is 16.1. The van der Waals surface area contributed by atoms with Crippen LogP contribution in [0.15, 0.2) is 94.7 Å². The zero-order valence-electron chi connectivity index (χ0n) is 15.3. The summed E-state index contributed by atoms with van der Waals surface area (Å²) in [6, 6.07) is 30.5. The van der Waals surface area contributed by atoms with Crippen LogP contribution in [0.4, 0.5) is 0 Å². The third kappa shape index (κ3) is 2.64. The Morgan fingerprint density at radius 1 is 0.536 bits per heavy atom. The quantitative estimate of drug-likeness (QED) is 0.302. The minimum Gasteiger partial charge on any atom is -0.457 e. The summed E-state index contributed by atoms with van der Waals surface area (Å²) in [5.74, 6) is 1.96. The highest BCUT2D eigenvalue weighted by atomic mass is 32.2. The topological polar surface area (TPSA) is 9.23 Å². The molecule has 0 unspecified atom stereocenters. The van der Waals surface area contributed by atoms with E-state index in [2.05, 4.69) is 78.9 Å². The van der Waals surface area contributed by atoms with Crippen LogP contribution in [0, 0.1) is 0 Å². The molecular formula is C26H18OS. The van der Waals surface area contributed by atoms with Crippen LogP contribution in [0.1, 0.15) is 22.3 Å². The Kier molecular flexibility index (Phi) is 3.60. The van der Waals surface area contributed by atoms with Gasteiger partial charge in [-0.25, -0.2) is 0 Å². The minimum atomic E-state index is 0.933. The first kappa shape index (κ1) is 16.0. The van der Waals surface area contributed by atoms with Gasteiger partial charge in [-0.05, 0) is 64.1 Å². The van der Waals surface area contributed by atoms with E-state index in [0.29, 0.717) is 0 Å². The Morgan fingerprint density at radius 2 is 1.18 bits per heavy atom. The van der Waals surface area contributed by atoms with E-state index in [0.717, 1.165) is 24.3 Å². The molecule has 0 atom stereocenters. The van der Waals surface area contributed by atoms with Gasteiger partial charge in [0.05, 0.1) is 0 Å². The second-order valence-corrected chi connectivity index (χ2v) is 8.50. The summed E-state index contributed by atoms with van der Waals surface area (Å²) in [7, 11) is 0. The van der Waals surface area contributed by atoms with Crippen LogP contribution in [0.25, 0.3) is 11.1 Å². The van der Waals surface area contributed by atoms with E-state index < -0.39 is 0 Å². The Balaban J connectivity index is 1.36. The molecule has 6 rings (SSSR count). The van der Waals surface area contributed by atoms with E-state index in [9.17, 15) is 0 Å². The standard InChI is InChI=1S/C26H18OS/c1-3-7-23-19(5-1)13-20-11-9-17(15-24(20)27-23)18-10-12-22-14-21-6-2-4-8-25(21)28-26(22)16-18/h1-12,15-16H,13-14H2. The van der Waals surface area contributed by atoms with E-state index in [4.69, 9.17) is 4.74 Å². The van der Waals surface area contributed by atoms with Gasteiger partial charge in [-0.2, -0.15) is 0 Å². The molecule has 0 spiro atoms. The van der Waals surface area contributed by atoms with Gasteiger partial charge in [0.15, 0.2) is 0 Å². The van der Waals surface area contributed by atoms with Crippen molar-refractivity contribution in [2.24, 2.45) is 0 Å². The van der Waals surface area contributed by atoms with Gasteiger partial charge in [0, 0.05) is 16.2 Å². The maximum absolute atomic E-state index is 6.19. The first-order valence-electron chi connectivity index (χ1n) is 9.61. The molecule has 2 aliphatic heterocycles. The maximum Gasteiger partial charge on any atom is 0.131 e. The Morgan fingerprint density at radius 3 is 2.11 bits per heavy atom. The largest absolute Gasteiger partial charge is 0.457 e. The van der Waals surface area contributed by atoms with Gasteiger partial charge >= 0.3 is 0 Å². The summed E-state index contributed by atoms with van der Waals surface area (Å²) in [6.07, 6.45) is 1.95. The number of fused-ring (bicyclic) bond motifs is 4. The highest BCUT2D eigenvalue weighted by Gasteiger charge is 2.19. The average Bonchev–Trinajstić information content (AvgIpc) is 2.75. The monoisotopic (exact) mass is 378 g/mol. The second-order valence-electron chi connectivity index (χ2n) is 7.42. The van der Waals surface area contributed by atoms with Gasteiger partial charge in [0.25, 0.3) is 0 Å².